The molecule has 100 valence electrons. The van der Waals surface area contributed by atoms with Gasteiger partial charge in [-0.05, 0) is 12.1 Å². The minimum absolute atomic E-state index is 0.527. The predicted octanol–water partition coefficient (Wildman–Crippen LogP) is 2.48. The summed E-state index contributed by atoms with van der Waals surface area (Å²) in [7, 11) is 1.80. The zero-order chi connectivity index (χ0) is 13.4. The Morgan fingerprint density at radius 3 is 2.79 bits per heavy atom. The van der Waals surface area contributed by atoms with Crippen molar-refractivity contribution in [3.63, 3.8) is 0 Å². The third kappa shape index (κ3) is 2.21. The maximum atomic E-state index is 6.25. The molecule has 19 heavy (non-hydrogen) atoms. The van der Waals surface area contributed by atoms with E-state index in [0.29, 0.717) is 35.6 Å². The van der Waals surface area contributed by atoms with E-state index in [-0.39, 0.29) is 0 Å². The van der Waals surface area contributed by atoms with Crippen LogP contribution in [0.3, 0.4) is 0 Å². The highest BCUT2D eigenvalue weighted by Crippen LogP contribution is 2.40. The molecule has 3 rings (SSSR count). The van der Waals surface area contributed by atoms with Crippen LogP contribution in [0.25, 0.3) is 11.3 Å². The Morgan fingerprint density at radius 1 is 1.26 bits per heavy atom. The van der Waals surface area contributed by atoms with Gasteiger partial charge in [0.15, 0.2) is 11.5 Å². The lowest BCUT2D eigenvalue weighted by Gasteiger charge is -2.10. The fourth-order valence-electron chi connectivity index (χ4n) is 2.00. The van der Waals surface area contributed by atoms with Crippen molar-refractivity contribution in [1.82, 2.24) is 9.78 Å². The average molecular weight is 280 g/mol. The lowest BCUT2D eigenvalue weighted by atomic mass is 10.1. The molecule has 0 atom stereocenters. The zero-order valence-corrected chi connectivity index (χ0v) is 11.3. The molecule has 0 amide bonds. The Balaban J connectivity index is 2.08. The number of fused-ring (bicyclic) bond motifs is 1. The molecule has 1 aromatic carbocycles. The lowest BCUT2D eigenvalue weighted by molar-refractivity contribution is 0.297. The van der Waals surface area contributed by atoms with Crippen molar-refractivity contribution in [1.29, 1.82) is 0 Å². The second kappa shape index (κ2) is 4.66. The van der Waals surface area contributed by atoms with Crippen LogP contribution in [0.2, 0.25) is 5.02 Å². The normalized spacial score (nSPS) is 14.2. The smallest absolute Gasteiger partial charge is 0.179 e. The second-order valence-corrected chi connectivity index (χ2v) is 4.82. The monoisotopic (exact) mass is 279 g/mol. The van der Waals surface area contributed by atoms with Crippen molar-refractivity contribution in [3.8, 4) is 22.8 Å². The summed E-state index contributed by atoms with van der Waals surface area (Å²) >= 11 is 6.25. The van der Waals surface area contributed by atoms with E-state index >= 15 is 0 Å². The van der Waals surface area contributed by atoms with Gasteiger partial charge in [0.25, 0.3) is 0 Å². The maximum absolute atomic E-state index is 6.25. The van der Waals surface area contributed by atoms with E-state index in [4.69, 9.17) is 26.8 Å². The molecule has 2 aromatic rings. The number of nitrogens with two attached hydrogens (primary N) is 1. The number of hydrogen-bond acceptors (Lipinski definition) is 4. The Bertz CT molecular complexity index is 605. The van der Waals surface area contributed by atoms with Crippen LogP contribution in [0.5, 0.6) is 11.5 Å². The SMILES string of the molecule is Cn1nc(-c2cc(Cl)c3c(c2)OCCCO3)cc1N. The van der Waals surface area contributed by atoms with E-state index in [2.05, 4.69) is 5.10 Å². The summed E-state index contributed by atoms with van der Waals surface area (Å²) in [4.78, 5) is 0. The summed E-state index contributed by atoms with van der Waals surface area (Å²) in [6.45, 7) is 1.24. The lowest BCUT2D eigenvalue weighted by Crippen LogP contribution is -1.97. The molecule has 5 nitrogen and oxygen atoms in total. The Labute approximate surface area is 115 Å². The summed E-state index contributed by atoms with van der Waals surface area (Å²) in [5.41, 5.74) is 7.41. The summed E-state index contributed by atoms with van der Waals surface area (Å²) in [6, 6.07) is 5.50. The number of anilines is 1. The number of nitrogen functional groups attached to an aromatic ring is 1. The molecule has 0 saturated carbocycles. The van der Waals surface area contributed by atoms with Crippen LogP contribution < -0.4 is 15.2 Å². The number of rotatable bonds is 1. The van der Waals surface area contributed by atoms with E-state index in [0.717, 1.165) is 17.7 Å². The summed E-state index contributed by atoms with van der Waals surface area (Å²) in [5, 5.41) is 4.86. The molecule has 0 aliphatic carbocycles. The zero-order valence-electron chi connectivity index (χ0n) is 10.5. The summed E-state index contributed by atoms with van der Waals surface area (Å²) < 4.78 is 12.9. The number of nitrogens with zero attached hydrogens (tertiary/aromatic N) is 2. The van der Waals surface area contributed by atoms with E-state index in [1.807, 2.05) is 12.1 Å². The van der Waals surface area contributed by atoms with Crippen molar-refractivity contribution < 1.29 is 9.47 Å². The molecule has 0 fully saturated rings. The first-order chi connectivity index (χ1) is 9.15. The maximum Gasteiger partial charge on any atom is 0.179 e. The van der Waals surface area contributed by atoms with Gasteiger partial charge in [0.05, 0.1) is 23.9 Å². The van der Waals surface area contributed by atoms with Gasteiger partial charge in [0.1, 0.15) is 5.82 Å². The highest BCUT2D eigenvalue weighted by Gasteiger charge is 2.17. The molecule has 6 heteroatoms. The minimum atomic E-state index is 0.527. The average Bonchev–Trinajstić information content (AvgIpc) is 2.61. The van der Waals surface area contributed by atoms with E-state index in [1.54, 1.807) is 17.8 Å². The minimum Gasteiger partial charge on any atom is -0.489 e. The first-order valence-corrected chi connectivity index (χ1v) is 6.42. The van der Waals surface area contributed by atoms with Gasteiger partial charge in [0.2, 0.25) is 0 Å². The van der Waals surface area contributed by atoms with E-state index in [1.165, 1.54) is 0 Å². The fourth-order valence-corrected chi connectivity index (χ4v) is 2.27. The number of halogens is 1. The van der Waals surface area contributed by atoms with E-state index in [9.17, 15) is 0 Å². The largest absolute Gasteiger partial charge is 0.489 e. The van der Waals surface area contributed by atoms with Crippen LogP contribution in [0.4, 0.5) is 5.82 Å². The Kier molecular flexibility index (Phi) is 2.98. The van der Waals surface area contributed by atoms with Crippen LogP contribution in [0, 0.1) is 0 Å². The van der Waals surface area contributed by atoms with Gasteiger partial charge in [-0.1, -0.05) is 11.6 Å². The van der Waals surface area contributed by atoms with Crippen molar-refractivity contribution in [3.05, 3.63) is 23.2 Å². The van der Waals surface area contributed by atoms with Gasteiger partial charge >= 0.3 is 0 Å². The van der Waals surface area contributed by atoms with Crippen molar-refractivity contribution in [2.75, 3.05) is 18.9 Å². The van der Waals surface area contributed by atoms with Crippen molar-refractivity contribution in [2.45, 2.75) is 6.42 Å². The second-order valence-electron chi connectivity index (χ2n) is 4.41. The molecule has 0 saturated heterocycles. The molecule has 2 N–H and O–H groups in total. The van der Waals surface area contributed by atoms with Crippen LogP contribution in [0.15, 0.2) is 18.2 Å². The number of hydrogen-bond donors (Lipinski definition) is 1. The van der Waals surface area contributed by atoms with Crippen LogP contribution in [-0.2, 0) is 7.05 Å². The fraction of sp³-hybridized carbons (Fsp3) is 0.308. The third-order valence-electron chi connectivity index (χ3n) is 3.01. The molecule has 2 heterocycles. The predicted molar refractivity (Wildman–Crippen MR) is 73.7 cm³/mol. The van der Waals surface area contributed by atoms with Gasteiger partial charge < -0.3 is 15.2 Å². The van der Waals surface area contributed by atoms with Gasteiger partial charge in [-0.15, -0.1) is 0 Å². The highest BCUT2D eigenvalue weighted by molar-refractivity contribution is 6.32. The number of benzene rings is 1. The van der Waals surface area contributed by atoms with Gasteiger partial charge in [-0.3, -0.25) is 4.68 Å². The van der Waals surface area contributed by atoms with Gasteiger partial charge in [0, 0.05) is 25.1 Å². The molecule has 1 aliphatic rings. The van der Waals surface area contributed by atoms with E-state index < -0.39 is 0 Å². The van der Waals surface area contributed by atoms with Crippen LogP contribution in [0.1, 0.15) is 6.42 Å². The first-order valence-electron chi connectivity index (χ1n) is 6.04. The van der Waals surface area contributed by atoms with Gasteiger partial charge in [-0.2, -0.15) is 5.10 Å². The standard InChI is InChI=1S/C13H14ClN3O2/c1-17-12(15)7-10(16-17)8-5-9(14)13-11(6-8)18-3-2-4-19-13/h5-7H,2-4,15H2,1H3. The molecule has 0 unspecified atom stereocenters. The Hall–Kier alpha value is -1.88. The molecule has 0 radical (unpaired) electrons. The number of aryl methyl sites for hydroxylation is 1. The Morgan fingerprint density at radius 2 is 2.05 bits per heavy atom. The van der Waals surface area contributed by atoms with Gasteiger partial charge in [-0.25, -0.2) is 0 Å². The highest BCUT2D eigenvalue weighted by atomic mass is 35.5. The number of ether oxygens (including phenoxy) is 2. The summed E-state index contributed by atoms with van der Waals surface area (Å²) in [5.74, 6) is 1.86. The van der Waals surface area contributed by atoms with Crippen molar-refractivity contribution >= 4 is 17.4 Å². The topological polar surface area (TPSA) is 62.3 Å². The molecule has 0 spiro atoms. The molecular formula is C13H14ClN3O2. The molecule has 1 aliphatic heterocycles. The molecule has 0 bridgehead atoms. The van der Waals surface area contributed by atoms with Crippen LogP contribution >= 0.6 is 11.6 Å². The first kappa shape index (κ1) is 12.2. The van der Waals surface area contributed by atoms with Crippen molar-refractivity contribution in [2.24, 2.45) is 7.05 Å². The third-order valence-corrected chi connectivity index (χ3v) is 3.29. The number of aromatic nitrogens is 2. The summed E-state index contributed by atoms with van der Waals surface area (Å²) in [6.07, 6.45) is 0.844. The molecule has 1 aromatic heterocycles. The van der Waals surface area contributed by atoms with Crippen LogP contribution in [-0.4, -0.2) is 23.0 Å². The molecular weight excluding hydrogens is 266 g/mol. The quantitative estimate of drug-likeness (QED) is 0.871.